The third-order valence-corrected chi connectivity index (χ3v) is 7.38. The Morgan fingerprint density at radius 3 is 2.36 bits per heavy atom. The van der Waals surface area contributed by atoms with Gasteiger partial charge in [0.1, 0.15) is 17.7 Å². The smallest absolute Gasteiger partial charge is 0.251 e. The molecule has 0 unspecified atom stereocenters. The van der Waals surface area contributed by atoms with Gasteiger partial charge in [-0.2, -0.15) is 0 Å². The Morgan fingerprint density at radius 1 is 1.00 bits per heavy atom. The molecule has 5 rings (SSSR count). The number of carbonyl (C=O) groups excluding carboxylic acids is 2. The minimum atomic E-state index is -0.352. The Bertz CT molecular complexity index is 1260. The number of nitrogens with zero attached hydrogens (tertiary/aromatic N) is 3. The van der Waals surface area contributed by atoms with Crippen LogP contribution in [0.4, 0.5) is 11.5 Å². The number of carbonyl (C=O) groups is 2. The first-order chi connectivity index (χ1) is 17.4. The predicted molar refractivity (Wildman–Crippen MR) is 140 cm³/mol. The van der Waals surface area contributed by atoms with Crippen molar-refractivity contribution in [3.63, 3.8) is 0 Å². The molecule has 8 heteroatoms. The van der Waals surface area contributed by atoms with Crippen molar-refractivity contribution in [3.05, 3.63) is 71.7 Å². The van der Waals surface area contributed by atoms with Crippen LogP contribution in [0.3, 0.4) is 0 Å². The molecule has 0 spiro atoms. The fourth-order valence-electron chi connectivity index (χ4n) is 5.64. The number of benzene rings is 2. The second kappa shape index (κ2) is 9.97. The largest absolute Gasteiger partial charge is 0.399 e. The van der Waals surface area contributed by atoms with Crippen LogP contribution in [0.15, 0.2) is 54.6 Å². The van der Waals surface area contributed by atoms with E-state index in [1.807, 2.05) is 61.5 Å². The van der Waals surface area contributed by atoms with Gasteiger partial charge in [-0.15, -0.1) is 0 Å². The van der Waals surface area contributed by atoms with Crippen LogP contribution in [-0.2, 0) is 11.3 Å². The first-order valence-electron chi connectivity index (χ1n) is 12.6. The molecule has 2 aliphatic rings. The number of anilines is 2. The zero-order valence-electron chi connectivity index (χ0n) is 20.5. The van der Waals surface area contributed by atoms with Crippen molar-refractivity contribution >= 4 is 23.3 Å². The molecule has 3 aromatic rings. The van der Waals surface area contributed by atoms with Crippen LogP contribution in [0, 0.1) is 12.8 Å². The number of aromatic nitrogens is 2. The number of nitrogens with one attached hydrogen (secondary N) is 1. The summed E-state index contributed by atoms with van der Waals surface area (Å²) in [7, 11) is 0. The molecule has 2 fully saturated rings. The van der Waals surface area contributed by atoms with E-state index in [-0.39, 0.29) is 30.4 Å². The molecule has 1 aliphatic heterocycles. The summed E-state index contributed by atoms with van der Waals surface area (Å²) >= 11 is 0. The lowest BCUT2D eigenvalue weighted by Gasteiger charge is -2.34. The predicted octanol–water partition coefficient (Wildman–Crippen LogP) is 3.59. The molecule has 1 aromatic heterocycles. The molecule has 1 saturated heterocycles. The number of hydrogen-bond donors (Lipinski definition) is 3. The van der Waals surface area contributed by atoms with Gasteiger partial charge in [0.05, 0.1) is 12.2 Å². The SMILES string of the molecule is Cc1nc(CNC(=O)c2ccc(-c3ccc(N)cc3)cc2)cc(N2[C@H](C(N)=O)C[C@@H]3CCCC[C@@H]32)n1. The van der Waals surface area contributed by atoms with E-state index in [4.69, 9.17) is 11.5 Å². The highest BCUT2D eigenvalue weighted by molar-refractivity contribution is 5.94. The van der Waals surface area contributed by atoms with Gasteiger partial charge in [-0.05, 0) is 67.5 Å². The zero-order chi connectivity index (χ0) is 25.2. The monoisotopic (exact) mass is 484 g/mol. The van der Waals surface area contributed by atoms with E-state index in [0.29, 0.717) is 28.7 Å². The average molecular weight is 485 g/mol. The number of fused-ring (bicyclic) bond motifs is 1. The van der Waals surface area contributed by atoms with Gasteiger partial charge in [0.15, 0.2) is 0 Å². The second-order valence-corrected chi connectivity index (χ2v) is 9.82. The summed E-state index contributed by atoms with van der Waals surface area (Å²) in [5, 5.41) is 2.96. The lowest BCUT2D eigenvalue weighted by molar-refractivity contribution is -0.119. The molecule has 0 bridgehead atoms. The normalized spacial score (nSPS) is 21.1. The molecular weight excluding hydrogens is 452 g/mol. The first kappa shape index (κ1) is 23.8. The summed E-state index contributed by atoms with van der Waals surface area (Å²) in [6.45, 7) is 2.09. The minimum absolute atomic E-state index is 0.180. The van der Waals surface area contributed by atoms with Crippen molar-refractivity contribution in [1.82, 2.24) is 15.3 Å². The molecule has 0 radical (unpaired) electrons. The van der Waals surface area contributed by atoms with Crippen LogP contribution in [0.5, 0.6) is 0 Å². The van der Waals surface area contributed by atoms with E-state index < -0.39 is 0 Å². The van der Waals surface area contributed by atoms with Gasteiger partial charge in [-0.25, -0.2) is 9.97 Å². The number of hydrogen-bond acceptors (Lipinski definition) is 6. The lowest BCUT2D eigenvalue weighted by atomic mass is 9.84. The van der Waals surface area contributed by atoms with Crippen molar-refractivity contribution in [2.45, 2.75) is 57.7 Å². The highest BCUT2D eigenvalue weighted by atomic mass is 16.2. The molecule has 36 heavy (non-hydrogen) atoms. The number of nitrogens with two attached hydrogens (primary N) is 2. The van der Waals surface area contributed by atoms with Crippen molar-refractivity contribution in [1.29, 1.82) is 0 Å². The van der Waals surface area contributed by atoms with E-state index in [1.165, 1.54) is 6.42 Å². The molecule has 3 atom stereocenters. The summed E-state index contributed by atoms with van der Waals surface area (Å²) in [5.41, 5.74) is 15.6. The number of aryl methyl sites for hydroxylation is 1. The Hall–Kier alpha value is -3.94. The molecular formula is C28H32N6O2. The number of rotatable bonds is 6. The fraction of sp³-hybridized carbons (Fsp3) is 0.357. The van der Waals surface area contributed by atoms with Crippen LogP contribution in [0.25, 0.3) is 11.1 Å². The van der Waals surface area contributed by atoms with Crippen LogP contribution in [0.1, 0.15) is 54.0 Å². The molecule has 1 aliphatic carbocycles. The standard InChI is InChI=1S/C28H32N6O2/c1-17-32-23(15-26(33-17)34-24-5-3-2-4-21(24)14-25(34)27(30)35)16-31-28(36)20-8-6-18(7-9-20)19-10-12-22(29)13-11-19/h6-13,15,21,24-25H,2-5,14,16,29H2,1H3,(H2,30,35)(H,31,36)/t21-,24-,25-/m0/s1. The van der Waals surface area contributed by atoms with Gasteiger partial charge >= 0.3 is 0 Å². The third-order valence-electron chi connectivity index (χ3n) is 7.38. The van der Waals surface area contributed by atoms with Gasteiger partial charge in [0.2, 0.25) is 5.91 Å². The molecule has 2 amide bonds. The van der Waals surface area contributed by atoms with E-state index in [1.54, 1.807) is 0 Å². The van der Waals surface area contributed by atoms with Crippen molar-refractivity contribution in [3.8, 4) is 11.1 Å². The number of primary amides is 1. The van der Waals surface area contributed by atoms with Gasteiger partial charge < -0.3 is 21.7 Å². The molecule has 186 valence electrons. The Balaban J connectivity index is 1.29. The van der Waals surface area contributed by atoms with Crippen LogP contribution >= 0.6 is 0 Å². The van der Waals surface area contributed by atoms with Crippen LogP contribution in [0.2, 0.25) is 0 Å². The summed E-state index contributed by atoms with van der Waals surface area (Å²) in [5.74, 6) is 1.30. The number of nitrogen functional groups attached to an aromatic ring is 1. The number of amides is 2. The summed E-state index contributed by atoms with van der Waals surface area (Å²) in [4.78, 5) is 36.4. The summed E-state index contributed by atoms with van der Waals surface area (Å²) in [6.07, 6.45) is 5.28. The van der Waals surface area contributed by atoms with Crippen molar-refractivity contribution in [2.75, 3.05) is 10.6 Å². The summed E-state index contributed by atoms with van der Waals surface area (Å²) in [6, 6.07) is 16.9. The quantitative estimate of drug-likeness (QED) is 0.459. The first-order valence-corrected chi connectivity index (χ1v) is 12.6. The molecule has 8 nitrogen and oxygen atoms in total. The maximum absolute atomic E-state index is 12.8. The van der Waals surface area contributed by atoms with Crippen LogP contribution in [-0.4, -0.2) is 33.9 Å². The minimum Gasteiger partial charge on any atom is -0.399 e. The Labute approximate surface area is 211 Å². The van der Waals surface area contributed by atoms with E-state index in [0.717, 1.165) is 42.6 Å². The van der Waals surface area contributed by atoms with E-state index in [9.17, 15) is 9.59 Å². The zero-order valence-corrected chi connectivity index (χ0v) is 20.5. The molecule has 2 aromatic carbocycles. The average Bonchev–Trinajstić information content (AvgIpc) is 3.28. The maximum atomic E-state index is 12.8. The highest BCUT2D eigenvalue weighted by Crippen LogP contribution is 2.41. The van der Waals surface area contributed by atoms with Gasteiger partial charge in [-0.1, -0.05) is 37.1 Å². The Kier molecular flexibility index (Phi) is 6.59. The van der Waals surface area contributed by atoms with Gasteiger partial charge in [0, 0.05) is 23.4 Å². The van der Waals surface area contributed by atoms with E-state index >= 15 is 0 Å². The topological polar surface area (TPSA) is 127 Å². The van der Waals surface area contributed by atoms with E-state index in [2.05, 4.69) is 20.2 Å². The molecule has 1 saturated carbocycles. The summed E-state index contributed by atoms with van der Waals surface area (Å²) < 4.78 is 0. The van der Waals surface area contributed by atoms with Gasteiger partial charge in [-0.3, -0.25) is 9.59 Å². The maximum Gasteiger partial charge on any atom is 0.251 e. The fourth-order valence-corrected chi connectivity index (χ4v) is 5.64. The molecule has 5 N–H and O–H groups in total. The second-order valence-electron chi connectivity index (χ2n) is 9.82. The Morgan fingerprint density at radius 2 is 1.67 bits per heavy atom. The lowest BCUT2D eigenvalue weighted by Crippen LogP contribution is -2.45. The van der Waals surface area contributed by atoms with Gasteiger partial charge in [0.25, 0.3) is 5.91 Å². The van der Waals surface area contributed by atoms with Crippen LogP contribution < -0.4 is 21.7 Å². The van der Waals surface area contributed by atoms with Crippen molar-refractivity contribution in [2.24, 2.45) is 11.7 Å². The highest BCUT2D eigenvalue weighted by Gasteiger charge is 2.45. The van der Waals surface area contributed by atoms with Crippen molar-refractivity contribution < 1.29 is 9.59 Å². The third kappa shape index (κ3) is 4.89. The molecule has 2 heterocycles.